The molecule has 1 saturated carbocycles. The molecule has 0 amide bonds. The lowest BCUT2D eigenvalue weighted by atomic mass is 9.67. The van der Waals surface area contributed by atoms with E-state index in [0.717, 1.165) is 0 Å². The van der Waals surface area contributed by atoms with E-state index in [1.807, 2.05) is 6.92 Å². The Morgan fingerprint density at radius 3 is 2.58 bits per heavy atom. The number of carbonyl (C=O) groups is 1. The second kappa shape index (κ2) is 3.03. The Morgan fingerprint density at radius 1 is 1.75 bits per heavy atom. The Balaban J connectivity index is 2.44. The van der Waals surface area contributed by atoms with Gasteiger partial charge in [0, 0.05) is 6.04 Å². The fourth-order valence-corrected chi connectivity index (χ4v) is 1.65. The molecule has 12 heavy (non-hydrogen) atoms. The Hall–Kier alpha value is -0.610. The van der Waals surface area contributed by atoms with Gasteiger partial charge in [0.05, 0.1) is 11.5 Å². The third-order valence-corrected chi connectivity index (χ3v) is 2.68. The van der Waals surface area contributed by atoms with E-state index in [-0.39, 0.29) is 6.04 Å². The van der Waals surface area contributed by atoms with E-state index >= 15 is 0 Å². The molecule has 4 nitrogen and oxygen atoms in total. The van der Waals surface area contributed by atoms with E-state index in [0.29, 0.717) is 19.3 Å². The maximum Gasteiger partial charge on any atom is 0.306 e. The SMILES string of the molecule is CCC(N)C1(O)CC(C(=O)O)C1. The molecule has 0 heterocycles. The molecule has 1 unspecified atom stereocenters. The third-order valence-electron chi connectivity index (χ3n) is 2.68. The Morgan fingerprint density at radius 2 is 2.25 bits per heavy atom. The molecular weight excluding hydrogens is 158 g/mol. The van der Waals surface area contributed by atoms with Gasteiger partial charge in [0.1, 0.15) is 0 Å². The molecule has 0 aromatic carbocycles. The van der Waals surface area contributed by atoms with Crippen LogP contribution in [-0.4, -0.2) is 27.8 Å². The molecule has 0 aromatic rings. The lowest BCUT2D eigenvalue weighted by Crippen LogP contribution is -2.58. The zero-order valence-corrected chi connectivity index (χ0v) is 7.16. The van der Waals surface area contributed by atoms with E-state index < -0.39 is 17.5 Å². The van der Waals surface area contributed by atoms with Crippen LogP contribution in [0.3, 0.4) is 0 Å². The first-order valence-corrected chi connectivity index (χ1v) is 4.20. The molecule has 4 heteroatoms. The van der Waals surface area contributed by atoms with Crippen LogP contribution in [0.1, 0.15) is 26.2 Å². The number of hydrogen-bond donors (Lipinski definition) is 3. The van der Waals surface area contributed by atoms with Crippen LogP contribution >= 0.6 is 0 Å². The van der Waals surface area contributed by atoms with Crippen molar-refractivity contribution >= 4 is 5.97 Å². The van der Waals surface area contributed by atoms with E-state index in [9.17, 15) is 9.90 Å². The summed E-state index contributed by atoms with van der Waals surface area (Å²) >= 11 is 0. The number of carboxylic acid groups (broad SMARTS) is 1. The van der Waals surface area contributed by atoms with Crippen LogP contribution < -0.4 is 5.73 Å². The molecule has 1 fully saturated rings. The van der Waals surface area contributed by atoms with Crippen LogP contribution in [0.4, 0.5) is 0 Å². The predicted octanol–water partition coefficient (Wildman–Crippen LogP) is -0.0506. The lowest BCUT2D eigenvalue weighted by molar-refractivity contribution is -0.161. The highest BCUT2D eigenvalue weighted by Gasteiger charge is 2.49. The topological polar surface area (TPSA) is 83.5 Å². The van der Waals surface area contributed by atoms with Crippen molar-refractivity contribution in [2.45, 2.75) is 37.8 Å². The van der Waals surface area contributed by atoms with Crippen molar-refractivity contribution in [3.8, 4) is 0 Å². The maximum atomic E-state index is 10.4. The van der Waals surface area contributed by atoms with Crippen molar-refractivity contribution in [1.29, 1.82) is 0 Å². The quantitative estimate of drug-likeness (QED) is 0.558. The monoisotopic (exact) mass is 173 g/mol. The van der Waals surface area contributed by atoms with Crippen LogP contribution in [0, 0.1) is 5.92 Å². The zero-order valence-electron chi connectivity index (χ0n) is 7.16. The first-order chi connectivity index (χ1) is 5.49. The molecule has 0 bridgehead atoms. The van der Waals surface area contributed by atoms with Crippen molar-refractivity contribution in [3.63, 3.8) is 0 Å². The first kappa shape index (κ1) is 9.48. The van der Waals surface area contributed by atoms with Crippen molar-refractivity contribution < 1.29 is 15.0 Å². The van der Waals surface area contributed by atoms with E-state index in [1.54, 1.807) is 0 Å². The number of aliphatic hydroxyl groups is 1. The van der Waals surface area contributed by atoms with E-state index in [1.165, 1.54) is 0 Å². The summed E-state index contributed by atoms with van der Waals surface area (Å²) in [6.45, 7) is 1.89. The number of carboxylic acids is 1. The van der Waals surface area contributed by atoms with Gasteiger partial charge in [-0.3, -0.25) is 4.79 Å². The van der Waals surface area contributed by atoms with Crippen LogP contribution in [0.5, 0.6) is 0 Å². The maximum absolute atomic E-state index is 10.4. The average Bonchev–Trinajstić information content (AvgIpc) is 1.96. The molecule has 0 spiro atoms. The second-order valence-corrected chi connectivity index (χ2v) is 3.56. The summed E-state index contributed by atoms with van der Waals surface area (Å²) in [5, 5.41) is 18.3. The first-order valence-electron chi connectivity index (χ1n) is 4.20. The average molecular weight is 173 g/mol. The summed E-state index contributed by atoms with van der Waals surface area (Å²) in [6.07, 6.45) is 1.29. The van der Waals surface area contributed by atoms with Gasteiger partial charge in [-0.2, -0.15) is 0 Å². The highest BCUT2D eigenvalue weighted by Crippen LogP contribution is 2.40. The molecule has 4 N–H and O–H groups in total. The number of nitrogens with two attached hydrogens (primary N) is 1. The van der Waals surface area contributed by atoms with Gasteiger partial charge in [0.25, 0.3) is 0 Å². The number of rotatable bonds is 3. The molecule has 1 aliphatic carbocycles. The largest absolute Gasteiger partial charge is 0.481 e. The molecule has 0 aliphatic heterocycles. The summed E-state index contributed by atoms with van der Waals surface area (Å²) in [6, 6.07) is -0.284. The van der Waals surface area contributed by atoms with Crippen LogP contribution in [-0.2, 0) is 4.79 Å². The van der Waals surface area contributed by atoms with Gasteiger partial charge in [0.15, 0.2) is 0 Å². The fraction of sp³-hybridized carbons (Fsp3) is 0.875. The minimum absolute atomic E-state index is 0.284. The van der Waals surface area contributed by atoms with Crippen molar-refractivity contribution in [2.24, 2.45) is 11.7 Å². The summed E-state index contributed by atoms with van der Waals surface area (Å²) in [4.78, 5) is 10.4. The van der Waals surface area contributed by atoms with Gasteiger partial charge in [-0.25, -0.2) is 0 Å². The van der Waals surface area contributed by atoms with Gasteiger partial charge >= 0.3 is 5.97 Å². The van der Waals surface area contributed by atoms with E-state index in [4.69, 9.17) is 10.8 Å². The van der Waals surface area contributed by atoms with E-state index in [2.05, 4.69) is 0 Å². The second-order valence-electron chi connectivity index (χ2n) is 3.56. The lowest BCUT2D eigenvalue weighted by Gasteiger charge is -2.45. The Labute approximate surface area is 71.4 Å². The number of aliphatic carboxylic acids is 1. The minimum atomic E-state index is -0.919. The zero-order chi connectivity index (χ0) is 9.35. The minimum Gasteiger partial charge on any atom is -0.481 e. The molecule has 0 aromatic heterocycles. The molecule has 70 valence electrons. The molecule has 0 saturated heterocycles. The fourth-order valence-electron chi connectivity index (χ4n) is 1.65. The van der Waals surface area contributed by atoms with Crippen molar-refractivity contribution in [1.82, 2.24) is 0 Å². The summed E-state index contributed by atoms with van der Waals surface area (Å²) in [7, 11) is 0. The van der Waals surface area contributed by atoms with Crippen molar-refractivity contribution in [2.75, 3.05) is 0 Å². The van der Waals surface area contributed by atoms with Crippen LogP contribution in [0.25, 0.3) is 0 Å². The molecule has 1 rings (SSSR count). The van der Waals surface area contributed by atoms with Crippen LogP contribution in [0.2, 0.25) is 0 Å². The normalized spacial score (nSPS) is 37.1. The predicted molar refractivity (Wildman–Crippen MR) is 43.6 cm³/mol. The van der Waals surface area contributed by atoms with Gasteiger partial charge in [0.2, 0.25) is 0 Å². The molecule has 1 atom stereocenters. The van der Waals surface area contributed by atoms with Gasteiger partial charge < -0.3 is 15.9 Å². The van der Waals surface area contributed by atoms with Crippen LogP contribution in [0.15, 0.2) is 0 Å². The highest BCUT2D eigenvalue weighted by atomic mass is 16.4. The molecule has 0 radical (unpaired) electrons. The van der Waals surface area contributed by atoms with Gasteiger partial charge in [-0.15, -0.1) is 0 Å². The standard InChI is InChI=1S/C8H15NO3/c1-2-6(9)8(12)3-5(4-8)7(10)11/h5-6,12H,2-4,9H2,1H3,(H,10,11). The Kier molecular flexibility index (Phi) is 2.39. The Bertz CT molecular complexity index is 187. The van der Waals surface area contributed by atoms with Gasteiger partial charge in [-0.1, -0.05) is 6.92 Å². The smallest absolute Gasteiger partial charge is 0.306 e. The summed E-state index contributed by atoms with van der Waals surface area (Å²) in [5.41, 5.74) is 4.71. The molecular formula is C8H15NO3. The summed E-state index contributed by atoms with van der Waals surface area (Å²) < 4.78 is 0. The molecule has 1 aliphatic rings. The van der Waals surface area contributed by atoms with Gasteiger partial charge in [-0.05, 0) is 19.3 Å². The third kappa shape index (κ3) is 1.44. The highest BCUT2D eigenvalue weighted by molar-refractivity contribution is 5.71. The number of hydrogen-bond acceptors (Lipinski definition) is 3. The van der Waals surface area contributed by atoms with Crippen molar-refractivity contribution in [3.05, 3.63) is 0 Å². The summed E-state index contributed by atoms with van der Waals surface area (Å²) in [5.74, 6) is -1.23.